The number of rotatable bonds is 8. The van der Waals surface area contributed by atoms with Crippen molar-refractivity contribution in [2.45, 2.75) is 12.6 Å². The quantitative estimate of drug-likeness (QED) is 0.594. The van der Waals surface area contributed by atoms with Crippen LogP contribution < -0.4 is 10.1 Å². The van der Waals surface area contributed by atoms with Gasteiger partial charge >= 0.3 is 0 Å². The van der Waals surface area contributed by atoms with Crippen LogP contribution in [0.25, 0.3) is 10.6 Å². The molecule has 6 heteroatoms. The third-order valence-corrected chi connectivity index (χ3v) is 4.25. The highest BCUT2D eigenvalue weighted by atomic mass is 32.1. The first-order valence-corrected chi connectivity index (χ1v) is 8.33. The highest BCUT2D eigenvalue weighted by Gasteiger charge is 2.10. The smallest absolute Gasteiger partial charge is 0.119 e. The molecule has 3 aromatic rings. The van der Waals surface area contributed by atoms with Gasteiger partial charge in [0.1, 0.15) is 18.5 Å². The predicted octanol–water partition coefficient (Wildman–Crippen LogP) is 2.67. The predicted molar refractivity (Wildman–Crippen MR) is 91.6 cm³/mol. The molecule has 0 aliphatic rings. The summed E-state index contributed by atoms with van der Waals surface area (Å²) in [5, 5.41) is 22.4. The molecule has 0 aliphatic heterocycles. The maximum Gasteiger partial charge on any atom is 0.119 e. The number of aromatic nitrogens is 2. The zero-order valence-corrected chi connectivity index (χ0v) is 13.4. The van der Waals surface area contributed by atoms with Gasteiger partial charge in [0, 0.05) is 18.7 Å². The van der Waals surface area contributed by atoms with Crippen LogP contribution in [0.4, 0.5) is 0 Å². The van der Waals surface area contributed by atoms with Gasteiger partial charge in [-0.05, 0) is 23.6 Å². The molecule has 1 aromatic carbocycles. The third kappa shape index (κ3) is 4.41. The summed E-state index contributed by atoms with van der Waals surface area (Å²) in [6.07, 6.45) is 1.25. The van der Waals surface area contributed by atoms with Gasteiger partial charge in [-0.3, -0.25) is 5.10 Å². The fourth-order valence-electron chi connectivity index (χ4n) is 2.22. The largest absolute Gasteiger partial charge is 0.491 e. The highest BCUT2D eigenvalue weighted by Crippen LogP contribution is 2.25. The normalized spacial score (nSPS) is 12.2. The van der Waals surface area contributed by atoms with E-state index in [1.807, 2.05) is 48.0 Å². The number of aliphatic hydroxyl groups excluding tert-OH is 1. The Morgan fingerprint density at radius 1 is 1.22 bits per heavy atom. The molecular weight excluding hydrogens is 310 g/mol. The Labute approximate surface area is 139 Å². The lowest BCUT2D eigenvalue weighted by molar-refractivity contribution is 0.106. The molecule has 1 unspecified atom stereocenters. The van der Waals surface area contributed by atoms with Crippen LogP contribution in [0.3, 0.4) is 0 Å². The molecule has 0 amide bonds. The van der Waals surface area contributed by atoms with E-state index in [0.717, 1.165) is 21.9 Å². The number of nitrogens with zero attached hydrogens (tertiary/aromatic N) is 1. The van der Waals surface area contributed by atoms with Crippen LogP contribution >= 0.6 is 11.3 Å². The Bertz CT molecular complexity index is 698. The zero-order chi connectivity index (χ0) is 15.9. The van der Waals surface area contributed by atoms with Gasteiger partial charge in [-0.2, -0.15) is 5.10 Å². The van der Waals surface area contributed by atoms with E-state index in [1.54, 1.807) is 11.3 Å². The van der Waals surface area contributed by atoms with Crippen molar-refractivity contribution in [1.29, 1.82) is 0 Å². The molecule has 0 saturated heterocycles. The first kappa shape index (κ1) is 15.7. The lowest BCUT2D eigenvalue weighted by Crippen LogP contribution is -2.31. The van der Waals surface area contributed by atoms with E-state index in [0.29, 0.717) is 13.1 Å². The molecule has 5 nitrogen and oxygen atoms in total. The molecule has 0 saturated carbocycles. The second-order valence-corrected chi connectivity index (χ2v) is 6.10. The van der Waals surface area contributed by atoms with Gasteiger partial charge in [-0.15, -0.1) is 11.3 Å². The molecule has 0 radical (unpaired) electrons. The molecule has 2 aromatic heterocycles. The summed E-state index contributed by atoms with van der Waals surface area (Å²) in [7, 11) is 0. The lowest BCUT2D eigenvalue weighted by atomic mass is 10.2. The average Bonchev–Trinajstić information content (AvgIpc) is 3.25. The van der Waals surface area contributed by atoms with Crippen LogP contribution in [-0.2, 0) is 6.54 Å². The summed E-state index contributed by atoms with van der Waals surface area (Å²) in [6.45, 7) is 1.37. The Hall–Kier alpha value is -2.15. The van der Waals surface area contributed by atoms with E-state index in [-0.39, 0.29) is 6.61 Å². The topological polar surface area (TPSA) is 70.2 Å². The van der Waals surface area contributed by atoms with E-state index in [1.165, 1.54) is 0 Å². The van der Waals surface area contributed by atoms with Crippen molar-refractivity contribution in [1.82, 2.24) is 15.5 Å². The maximum atomic E-state index is 9.98. The Balaban J connectivity index is 1.44. The number of para-hydroxylation sites is 1. The number of hydrogen-bond donors (Lipinski definition) is 3. The molecule has 0 bridgehead atoms. The van der Waals surface area contributed by atoms with Gasteiger partial charge in [0.15, 0.2) is 0 Å². The number of nitrogens with one attached hydrogen (secondary N) is 2. The molecule has 23 heavy (non-hydrogen) atoms. The Morgan fingerprint density at radius 3 is 2.87 bits per heavy atom. The molecule has 0 aliphatic carbocycles. The minimum atomic E-state index is -0.563. The number of ether oxygens (including phenoxy) is 1. The molecule has 0 fully saturated rings. The van der Waals surface area contributed by atoms with Crippen LogP contribution in [0.1, 0.15) is 5.56 Å². The van der Waals surface area contributed by atoms with Crippen molar-refractivity contribution in [3.63, 3.8) is 0 Å². The summed E-state index contributed by atoms with van der Waals surface area (Å²) < 4.78 is 5.53. The first-order valence-electron chi connectivity index (χ1n) is 7.45. The van der Waals surface area contributed by atoms with Crippen molar-refractivity contribution in [2.24, 2.45) is 0 Å². The minimum Gasteiger partial charge on any atom is -0.491 e. The van der Waals surface area contributed by atoms with Gasteiger partial charge in [-0.25, -0.2) is 0 Å². The van der Waals surface area contributed by atoms with Gasteiger partial charge in [0.2, 0.25) is 0 Å². The van der Waals surface area contributed by atoms with Crippen molar-refractivity contribution in [3.8, 4) is 16.3 Å². The van der Waals surface area contributed by atoms with E-state index in [2.05, 4.69) is 21.6 Å². The molecule has 120 valence electrons. The number of hydrogen-bond acceptors (Lipinski definition) is 5. The summed E-state index contributed by atoms with van der Waals surface area (Å²) in [5.41, 5.74) is 2.12. The minimum absolute atomic E-state index is 0.264. The highest BCUT2D eigenvalue weighted by molar-refractivity contribution is 7.13. The first-order chi connectivity index (χ1) is 11.3. The van der Waals surface area contributed by atoms with Crippen LogP contribution in [0.15, 0.2) is 54.0 Å². The lowest BCUT2D eigenvalue weighted by Gasteiger charge is -2.13. The van der Waals surface area contributed by atoms with E-state index < -0.39 is 6.10 Å². The fourth-order valence-corrected chi connectivity index (χ4v) is 2.98. The third-order valence-electron chi connectivity index (χ3n) is 3.37. The van der Waals surface area contributed by atoms with E-state index >= 15 is 0 Å². The van der Waals surface area contributed by atoms with Gasteiger partial charge in [0.25, 0.3) is 0 Å². The number of aromatic amines is 1. The second kappa shape index (κ2) is 7.92. The molecule has 1 atom stereocenters. The number of aliphatic hydroxyl groups is 1. The monoisotopic (exact) mass is 329 g/mol. The van der Waals surface area contributed by atoms with E-state index in [9.17, 15) is 5.11 Å². The van der Waals surface area contributed by atoms with Gasteiger partial charge in [0.05, 0.1) is 16.8 Å². The SMILES string of the molecule is OC(CNCc1cn[nH]c1-c1cccs1)COc1ccccc1. The van der Waals surface area contributed by atoms with Gasteiger partial charge in [-0.1, -0.05) is 24.3 Å². The summed E-state index contributed by atoms with van der Waals surface area (Å²) >= 11 is 1.67. The van der Waals surface area contributed by atoms with Crippen molar-refractivity contribution in [3.05, 3.63) is 59.6 Å². The average molecular weight is 329 g/mol. The van der Waals surface area contributed by atoms with Crippen LogP contribution in [0.5, 0.6) is 5.75 Å². The maximum absolute atomic E-state index is 9.98. The van der Waals surface area contributed by atoms with Crippen molar-refractivity contribution < 1.29 is 9.84 Å². The van der Waals surface area contributed by atoms with Crippen LogP contribution in [0.2, 0.25) is 0 Å². The van der Waals surface area contributed by atoms with Crippen LogP contribution in [0, 0.1) is 0 Å². The number of thiophene rings is 1. The van der Waals surface area contributed by atoms with Crippen molar-refractivity contribution in [2.75, 3.05) is 13.2 Å². The molecule has 0 spiro atoms. The molecule has 3 rings (SSSR count). The Morgan fingerprint density at radius 2 is 2.09 bits per heavy atom. The van der Waals surface area contributed by atoms with E-state index in [4.69, 9.17) is 4.74 Å². The molecule has 3 N–H and O–H groups in total. The summed E-state index contributed by atoms with van der Waals surface area (Å²) in [4.78, 5) is 1.16. The molecule has 2 heterocycles. The number of benzene rings is 1. The summed E-state index contributed by atoms with van der Waals surface area (Å²) in [6, 6.07) is 13.6. The van der Waals surface area contributed by atoms with Crippen molar-refractivity contribution >= 4 is 11.3 Å². The standard InChI is InChI=1S/C17H19N3O2S/c21-14(12-22-15-5-2-1-3-6-15)11-18-9-13-10-19-20-17(13)16-7-4-8-23-16/h1-8,10,14,18,21H,9,11-12H2,(H,19,20). The zero-order valence-electron chi connectivity index (χ0n) is 12.6. The summed E-state index contributed by atoms with van der Waals surface area (Å²) in [5.74, 6) is 0.765. The van der Waals surface area contributed by atoms with Gasteiger partial charge < -0.3 is 15.2 Å². The van der Waals surface area contributed by atoms with Crippen LogP contribution in [-0.4, -0.2) is 34.6 Å². The fraction of sp³-hybridized carbons (Fsp3) is 0.235. The second-order valence-electron chi connectivity index (χ2n) is 5.16. The Kier molecular flexibility index (Phi) is 5.42. The molecular formula is C17H19N3O2S. The number of H-pyrrole nitrogens is 1.